The highest BCUT2D eigenvalue weighted by Gasteiger charge is 2.47. The molecule has 1 N–H and O–H groups in total. The standard InChI is InChI=1S/C27H30N4O5/c1-18-23(30-12-6-5-10-21(30)28-18)25(32)22-24(19-8-3-4-9-20(19)35-2)31(27(34)26(22)33)13-7-11-29-14-16-36-17-15-29/h3-6,8-10,12,24,32H,7,11,13-17H2,1-2H3/t24-/m1/s1. The summed E-state index contributed by atoms with van der Waals surface area (Å²) < 4.78 is 12.7. The van der Waals surface area contributed by atoms with Crippen LogP contribution in [0, 0.1) is 6.92 Å². The number of carbonyl (C=O) groups is 2. The largest absolute Gasteiger partial charge is 0.505 e. The zero-order valence-electron chi connectivity index (χ0n) is 20.5. The normalized spacial score (nSPS) is 20.4. The average molecular weight is 491 g/mol. The molecule has 3 aromatic rings. The number of ketones is 1. The second-order valence-corrected chi connectivity index (χ2v) is 9.02. The number of aliphatic hydroxyl groups excluding tert-OH is 1. The van der Waals surface area contributed by atoms with Crippen LogP contribution in [-0.2, 0) is 14.3 Å². The van der Waals surface area contributed by atoms with Crippen molar-refractivity contribution in [3.05, 3.63) is 71.2 Å². The average Bonchev–Trinajstić information content (AvgIpc) is 3.37. The van der Waals surface area contributed by atoms with Crippen molar-refractivity contribution in [1.82, 2.24) is 19.2 Å². The summed E-state index contributed by atoms with van der Waals surface area (Å²) in [6.45, 7) is 6.03. The third-order valence-corrected chi connectivity index (χ3v) is 6.88. The molecule has 0 spiro atoms. The van der Waals surface area contributed by atoms with Crippen LogP contribution in [0.3, 0.4) is 0 Å². The molecule has 4 heterocycles. The molecule has 2 aliphatic heterocycles. The van der Waals surface area contributed by atoms with Crippen molar-refractivity contribution >= 4 is 23.1 Å². The van der Waals surface area contributed by atoms with Gasteiger partial charge in [-0.15, -0.1) is 0 Å². The monoisotopic (exact) mass is 490 g/mol. The van der Waals surface area contributed by atoms with Gasteiger partial charge in [-0.05, 0) is 31.5 Å². The number of methoxy groups -OCH3 is 1. The van der Waals surface area contributed by atoms with Crippen LogP contribution in [0.1, 0.15) is 29.4 Å². The molecular formula is C27H30N4O5. The molecule has 1 atom stereocenters. The first-order valence-electron chi connectivity index (χ1n) is 12.2. The van der Waals surface area contributed by atoms with Crippen LogP contribution in [0.4, 0.5) is 0 Å². The maximum absolute atomic E-state index is 13.4. The van der Waals surface area contributed by atoms with Crippen molar-refractivity contribution in [2.75, 3.05) is 46.5 Å². The summed E-state index contributed by atoms with van der Waals surface area (Å²) in [6.07, 6.45) is 2.47. The van der Waals surface area contributed by atoms with Crippen molar-refractivity contribution in [3.8, 4) is 5.75 Å². The van der Waals surface area contributed by atoms with Gasteiger partial charge in [-0.1, -0.05) is 24.3 Å². The van der Waals surface area contributed by atoms with Gasteiger partial charge in [0, 0.05) is 37.9 Å². The van der Waals surface area contributed by atoms with Crippen molar-refractivity contribution in [2.45, 2.75) is 19.4 Å². The summed E-state index contributed by atoms with van der Waals surface area (Å²) >= 11 is 0. The summed E-state index contributed by atoms with van der Waals surface area (Å²) in [7, 11) is 1.55. The number of pyridine rings is 1. The minimum absolute atomic E-state index is 0.0459. The highest BCUT2D eigenvalue weighted by molar-refractivity contribution is 6.46. The quantitative estimate of drug-likeness (QED) is 0.309. The van der Waals surface area contributed by atoms with Crippen molar-refractivity contribution < 1.29 is 24.2 Å². The van der Waals surface area contributed by atoms with Gasteiger partial charge in [0.2, 0.25) is 0 Å². The van der Waals surface area contributed by atoms with Gasteiger partial charge in [0.25, 0.3) is 11.7 Å². The fourth-order valence-electron chi connectivity index (χ4n) is 5.14. The predicted molar refractivity (Wildman–Crippen MR) is 134 cm³/mol. The molecule has 36 heavy (non-hydrogen) atoms. The molecule has 9 nitrogen and oxygen atoms in total. The van der Waals surface area contributed by atoms with Crippen LogP contribution in [0.5, 0.6) is 5.75 Å². The molecule has 0 aliphatic carbocycles. The molecule has 0 radical (unpaired) electrons. The Kier molecular flexibility index (Phi) is 6.75. The van der Waals surface area contributed by atoms with Crippen LogP contribution in [0.2, 0.25) is 0 Å². The number of hydrogen-bond acceptors (Lipinski definition) is 7. The molecule has 0 bridgehead atoms. The second kappa shape index (κ2) is 10.1. The van der Waals surface area contributed by atoms with E-state index in [1.165, 1.54) is 0 Å². The molecule has 1 amide bonds. The van der Waals surface area contributed by atoms with E-state index in [0.29, 0.717) is 54.5 Å². The van der Waals surface area contributed by atoms with E-state index < -0.39 is 17.7 Å². The number of morpholine rings is 1. The summed E-state index contributed by atoms with van der Waals surface area (Å²) in [5.41, 5.74) is 2.31. The smallest absolute Gasteiger partial charge is 0.295 e. The molecular weight excluding hydrogens is 460 g/mol. The second-order valence-electron chi connectivity index (χ2n) is 9.02. The molecule has 2 aliphatic rings. The summed E-state index contributed by atoms with van der Waals surface area (Å²) in [4.78, 5) is 35.2. The fourth-order valence-corrected chi connectivity index (χ4v) is 5.14. The SMILES string of the molecule is COc1ccccc1[C@@H]1C(=C(O)c2c(C)nc3ccccn23)C(=O)C(=O)N1CCCN1CCOCC1. The van der Waals surface area contributed by atoms with Gasteiger partial charge in [0.05, 0.1) is 37.6 Å². The molecule has 2 aromatic heterocycles. The number of rotatable bonds is 7. The lowest BCUT2D eigenvalue weighted by atomic mass is 9.95. The van der Waals surface area contributed by atoms with Gasteiger partial charge in [0.15, 0.2) is 5.76 Å². The molecule has 5 rings (SSSR count). The van der Waals surface area contributed by atoms with Crippen molar-refractivity contribution in [3.63, 3.8) is 0 Å². The van der Waals surface area contributed by atoms with Crippen LogP contribution < -0.4 is 4.74 Å². The number of fused-ring (bicyclic) bond motifs is 1. The van der Waals surface area contributed by atoms with E-state index in [1.807, 2.05) is 36.4 Å². The Morgan fingerprint density at radius 3 is 2.64 bits per heavy atom. The van der Waals surface area contributed by atoms with Crippen LogP contribution in [0.15, 0.2) is 54.2 Å². The molecule has 0 saturated carbocycles. The van der Waals surface area contributed by atoms with Crippen LogP contribution in [-0.4, -0.2) is 82.5 Å². The van der Waals surface area contributed by atoms with Crippen molar-refractivity contribution in [1.29, 1.82) is 0 Å². The number of para-hydroxylation sites is 1. The van der Waals surface area contributed by atoms with E-state index in [1.54, 1.807) is 35.6 Å². The molecule has 188 valence electrons. The highest BCUT2D eigenvalue weighted by atomic mass is 16.5. The van der Waals surface area contributed by atoms with Gasteiger partial charge in [-0.2, -0.15) is 0 Å². The minimum Gasteiger partial charge on any atom is -0.505 e. The Balaban J connectivity index is 1.58. The fraction of sp³-hybridized carbons (Fsp3) is 0.370. The lowest BCUT2D eigenvalue weighted by Crippen LogP contribution is -2.39. The minimum atomic E-state index is -0.778. The molecule has 2 saturated heterocycles. The van der Waals surface area contributed by atoms with Gasteiger partial charge in [-0.3, -0.25) is 18.9 Å². The lowest BCUT2D eigenvalue weighted by molar-refractivity contribution is -0.140. The number of imidazole rings is 1. The Morgan fingerprint density at radius 1 is 1.11 bits per heavy atom. The predicted octanol–water partition coefficient (Wildman–Crippen LogP) is 2.80. The van der Waals surface area contributed by atoms with Gasteiger partial charge in [-0.25, -0.2) is 4.98 Å². The van der Waals surface area contributed by atoms with E-state index in [9.17, 15) is 14.7 Å². The number of nitrogens with zero attached hydrogens (tertiary/aromatic N) is 4. The van der Waals surface area contributed by atoms with E-state index in [0.717, 1.165) is 19.6 Å². The zero-order valence-corrected chi connectivity index (χ0v) is 20.5. The van der Waals surface area contributed by atoms with Crippen LogP contribution >= 0.6 is 0 Å². The first kappa shape index (κ1) is 24.0. The Bertz CT molecular complexity index is 1320. The molecule has 2 fully saturated rings. The van der Waals surface area contributed by atoms with E-state index in [4.69, 9.17) is 9.47 Å². The van der Waals surface area contributed by atoms with Crippen molar-refractivity contribution in [2.24, 2.45) is 0 Å². The zero-order chi connectivity index (χ0) is 25.2. The third-order valence-electron chi connectivity index (χ3n) is 6.88. The number of aromatic nitrogens is 2. The number of amides is 1. The topological polar surface area (TPSA) is 96.6 Å². The number of aliphatic hydroxyl groups is 1. The number of aryl methyl sites for hydroxylation is 1. The Hall–Kier alpha value is -3.69. The first-order valence-corrected chi connectivity index (χ1v) is 12.2. The van der Waals surface area contributed by atoms with Crippen LogP contribution in [0.25, 0.3) is 11.4 Å². The summed E-state index contributed by atoms with van der Waals surface area (Å²) in [6, 6.07) is 12.0. The number of ether oxygens (including phenoxy) is 2. The lowest BCUT2D eigenvalue weighted by Gasteiger charge is -2.29. The summed E-state index contributed by atoms with van der Waals surface area (Å²) in [5.74, 6) is -1.03. The molecule has 0 unspecified atom stereocenters. The number of benzene rings is 1. The highest BCUT2D eigenvalue weighted by Crippen LogP contribution is 2.43. The Labute approximate surface area is 209 Å². The first-order chi connectivity index (χ1) is 17.5. The van der Waals surface area contributed by atoms with E-state index in [-0.39, 0.29) is 11.3 Å². The number of Topliss-reactive ketones (excluding diaryl/α,β-unsaturated/α-hetero) is 1. The van der Waals surface area contributed by atoms with E-state index in [2.05, 4.69) is 9.88 Å². The molecule has 9 heteroatoms. The van der Waals surface area contributed by atoms with Gasteiger partial charge in [0.1, 0.15) is 17.1 Å². The maximum atomic E-state index is 13.4. The number of carbonyl (C=O) groups excluding carboxylic acids is 2. The summed E-state index contributed by atoms with van der Waals surface area (Å²) in [5, 5.41) is 11.6. The van der Waals surface area contributed by atoms with Gasteiger partial charge < -0.3 is 19.5 Å². The maximum Gasteiger partial charge on any atom is 0.295 e. The number of likely N-dealkylation sites (tertiary alicyclic amines) is 1. The van der Waals surface area contributed by atoms with Gasteiger partial charge >= 0.3 is 0 Å². The molecule has 1 aromatic carbocycles. The van der Waals surface area contributed by atoms with E-state index >= 15 is 0 Å². The number of hydrogen-bond donors (Lipinski definition) is 1. The third kappa shape index (κ3) is 4.25. The Morgan fingerprint density at radius 2 is 1.86 bits per heavy atom.